The lowest BCUT2D eigenvalue weighted by molar-refractivity contribution is -0.131. The fraction of sp³-hybridized carbons (Fsp3) is 0.222. The smallest absolute Gasteiger partial charge is 0.325 e. The molecular weight excluding hydrogens is 330 g/mol. The fourth-order valence-electron chi connectivity index (χ4n) is 2.80. The van der Waals surface area contributed by atoms with E-state index >= 15 is 0 Å². The van der Waals surface area contributed by atoms with E-state index in [0.717, 1.165) is 17.0 Å². The average molecular weight is 346 g/mol. The van der Waals surface area contributed by atoms with E-state index in [1.54, 1.807) is 24.3 Å². The van der Waals surface area contributed by atoms with E-state index in [1.807, 2.05) is 0 Å². The van der Waals surface area contributed by atoms with Crippen LogP contribution in [0.3, 0.4) is 0 Å². The SMILES string of the molecule is COc1cccc(CN2C(=O)NC(C)(c3ccc(F)c(F)c3)C2=O)c1. The zero-order valence-corrected chi connectivity index (χ0v) is 13.7. The number of imide groups is 1. The summed E-state index contributed by atoms with van der Waals surface area (Å²) in [4.78, 5) is 26.1. The zero-order valence-electron chi connectivity index (χ0n) is 13.7. The Morgan fingerprint density at radius 1 is 1.12 bits per heavy atom. The van der Waals surface area contributed by atoms with E-state index in [9.17, 15) is 18.4 Å². The first-order valence-corrected chi connectivity index (χ1v) is 7.57. The van der Waals surface area contributed by atoms with Crippen molar-refractivity contribution in [1.82, 2.24) is 10.2 Å². The Morgan fingerprint density at radius 2 is 1.88 bits per heavy atom. The maximum atomic E-state index is 13.5. The highest BCUT2D eigenvalue weighted by Gasteiger charge is 2.49. The lowest BCUT2D eigenvalue weighted by Gasteiger charge is -2.22. The summed E-state index contributed by atoms with van der Waals surface area (Å²) in [6.07, 6.45) is 0. The molecule has 0 saturated carbocycles. The summed E-state index contributed by atoms with van der Waals surface area (Å²) in [6.45, 7) is 1.51. The van der Waals surface area contributed by atoms with Gasteiger partial charge in [-0.15, -0.1) is 0 Å². The zero-order chi connectivity index (χ0) is 18.2. The molecule has 0 bridgehead atoms. The lowest BCUT2D eigenvalue weighted by Crippen LogP contribution is -2.41. The van der Waals surface area contributed by atoms with Gasteiger partial charge in [-0.05, 0) is 42.3 Å². The highest BCUT2D eigenvalue weighted by atomic mass is 19.2. The summed E-state index contributed by atoms with van der Waals surface area (Å²) in [7, 11) is 1.52. The minimum atomic E-state index is -1.45. The lowest BCUT2D eigenvalue weighted by atomic mass is 9.92. The number of methoxy groups -OCH3 is 1. The quantitative estimate of drug-likeness (QED) is 0.866. The number of nitrogens with one attached hydrogen (secondary N) is 1. The molecule has 5 nitrogen and oxygen atoms in total. The highest BCUT2D eigenvalue weighted by molar-refractivity contribution is 6.07. The summed E-state index contributed by atoms with van der Waals surface area (Å²) < 4.78 is 31.8. The van der Waals surface area contributed by atoms with Gasteiger partial charge in [-0.3, -0.25) is 9.69 Å². The van der Waals surface area contributed by atoms with Crippen LogP contribution < -0.4 is 10.1 Å². The number of urea groups is 1. The largest absolute Gasteiger partial charge is 0.497 e. The first kappa shape index (κ1) is 16.9. The molecule has 1 saturated heterocycles. The number of carbonyl (C=O) groups is 2. The number of ether oxygens (including phenoxy) is 1. The average Bonchev–Trinajstić information content (AvgIpc) is 2.81. The summed E-state index contributed by atoms with van der Waals surface area (Å²) in [5.74, 6) is -2.02. The Kier molecular flexibility index (Phi) is 4.16. The molecule has 0 spiro atoms. The number of halogens is 2. The number of carbonyl (C=O) groups excluding carboxylic acids is 2. The van der Waals surface area contributed by atoms with Gasteiger partial charge in [0.25, 0.3) is 5.91 Å². The van der Waals surface area contributed by atoms with Crippen LogP contribution in [0.15, 0.2) is 42.5 Å². The van der Waals surface area contributed by atoms with E-state index in [4.69, 9.17) is 4.74 Å². The number of rotatable bonds is 4. The van der Waals surface area contributed by atoms with Crippen molar-refractivity contribution in [2.45, 2.75) is 19.0 Å². The van der Waals surface area contributed by atoms with E-state index in [1.165, 1.54) is 20.1 Å². The van der Waals surface area contributed by atoms with Gasteiger partial charge in [0.2, 0.25) is 0 Å². The van der Waals surface area contributed by atoms with Crippen LogP contribution in [-0.2, 0) is 16.9 Å². The van der Waals surface area contributed by atoms with Gasteiger partial charge in [0, 0.05) is 0 Å². The number of amides is 3. The van der Waals surface area contributed by atoms with Gasteiger partial charge in [0.15, 0.2) is 11.6 Å². The van der Waals surface area contributed by atoms with Gasteiger partial charge in [-0.1, -0.05) is 18.2 Å². The Bertz CT molecular complexity index is 856. The molecule has 1 heterocycles. The van der Waals surface area contributed by atoms with E-state index in [-0.39, 0.29) is 12.1 Å². The summed E-state index contributed by atoms with van der Waals surface area (Å²) >= 11 is 0. The van der Waals surface area contributed by atoms with Crippen LogP contribution >= 0.6 is 0 Å². The van der Waals surface area contributed by atoms with Gasteiger partial charge in [0.1, 0.15) is 11.3 Å². The maximum absolute atomic E-state index is 13.5. The molecule has 1 fully saturated rings. The molecule has 0 radical (unpaired) electrons. The molecule has 3 amide bonds. The van der Waals surface area contributed by atoms with Gasteiger partial charge in [0.05, 0.1) is 13.7 Å². The molecule has 1 unspecified atom stereocenters. The van der Waals surface area contributed by atoms with Crippen molar-refractivity contribution < 1.29 is 23.1 Å². The van der Waals surface area contributed by atoms with Crippen molar-refractivity contribution in [3.8, 4) is 5.75 Å². The third kappa shape index (κ3) is 2.93. The van der Waals surface area contributed by atoms with Crippen molar-refractivity contribution in [2.75, 3.05) is 7.11 Å². The van der Waals surface area contributed by atoms with Gasteiger partial charge in [-0.25, -0.2) is 13.6 Å². The second-order valence-electron chi connectivity index (χ2n) is 5.93. The molecule has 1 aliphatic heterocycles. The Balaban J connectivity index is 1.89. The molecule has 0 aliphatic carbocycles. The summed E-state index contributed by atoms with van der Waals surface area (Å²) in [5, 5.41) is 2.56. The maximum Gasteiger partial charge on any atom is 0.325 e. The van der Waals surface area contributed by atoms with Gasteiger partial charge in [-0.2, -0.15) is 0 Å². The Hall–Kier alpha value is -2.96. The van der Waals surface area contributed by atoms with Crippen LogP contribution in [0.4, 0.5) is 13.6 Å². The van der Waals surface area contributed by atoms with Crippen LogP contribution in [0.1, 0.15) is 18.1 Å². The molecule has 1 atom stereocenters. The molecule has 1 N–H and O–H groups in total. The van der Waals surface area contributed by atoms with Crippen molar-refractivity contribution >= 4 is 11.9 Å². The molecule has 130 valence electrons. The Morgan fingerprint density at radius 3 is 2.56 bits per heavy atom. The van der Waals surface area contributed by atoms with Crippen molar-refractivity contribution in [3.05, 3.63) is 65.2 Å². The third-order valence-electron chi connectivity index (χ3n) is 4.25. The monoisotopic (exact) mass is 346 g/mol. The van der Waals surface area contributed by atoms with Crippen LogP contribution in [0.25, 0.3) is 0 Å². The predicted octanol–water partition coefficient (Wildman–Crippen LogP) is 2.94. The topological polar surface area (TPSA) is 58.6 Å². The van der Waals surface area contributed by atoms with Gasteiger partial charge < -0.3 is 10.1 Å². The van der Waals surface area contributed by atoms with Crippen molar-refractivity contribution in [3.63, 3.8) is 0 Å². The second kappa shape index (κ2) is 6.16. The molecular formula is C18H16F2N2O3. The standard InChI is InChI=1S/C18H16F2N2O3/c1-18(12-6-7-14(19)15(20)9-12)16(23)22(17(24)21-18)10-11-4-3-5-13(8-11)25-2/h3-9H,10H2,1-2H3,(H,21,24). The molecule has 3 rings (SSSR count). The first-order valence-electron chi connectivity index (χ1n) is 7.57. The van der Waals surface area contributed by atoms with Crippen LogP contribution in [0.5, 0.6) is 5.75 Å². The molecule has 1 aliphatic rings. The Labute approximate surface area is 143 Å². The number of hydrogen-bond acceptors (Lipinski definition) is 3. The predicted molar refractivity (Wildman–Crippen MR) is 85.8 cm³/mol. The highest BCUT2D eigenvalue weighted by Crippen LogP contribution is 2.31. The van der Waals surface area contributed by atoms with Crippen LogP contribution in [0, 0.1) is 11.6 Å². The molecule has 2 aromatic carbocycles. The fourth-order valence-corrected chi connectivity index (χ4v) is 2.80. The van der Waals surface area contributed by atoms with Crippen LogP contribution in [0.2, 0.25) is 0 Å². The molecule has 2 aromatic rings. The number of hydrogen-bond donors (Lipinski definition) is 1. The van der Waals surface area contributed by atoms with E-state index in [0.29, 0.717) is 11.3 Å². The third-order valence-corrected chi connectivity index (χ3v) is 4.25. The molecule has 25 heavy (non-hydrogen) atoms. The van der Waals surface area contributed by atoms with E-state index in [2.05, 4.69) is 5.32 Å². The molecule has 0 aromatic heterocycles. The van der Waals surface area contributed by atoms with Crippen molar-refractivity contribution in [2.24, 2.45) is 0 Å². The minimum absolute atomic E-state index is 0.0428. The normalized spacial score (nSPS) is 19.9. The molecule has 7 heteroatoms. The van der Waals surface area contributed by atoms with E-state index < -0.39 is 29.1 Å². The number of nitrogens with zero attached hydrogens (tertiary/aromatic N) is 1. The summed E-state index contributed by atoms with van der Waals surface area (Å²) in [6, 6.07) is 9.51. The minimum Gasteiger partial charge on any atom is -0.497 e. The number of benzene rings is 2. The summed E-state index contributed by atoms with van der Waals surface area (Å²) in [5.41, 5.74) is -0.569. The van der Waals surface area contributed by atoms with Crippen molar-refractivity contribution in [1.29, 1.82) is 0 Å². The second-order valence-corrected chi connectivity index (χ2v) is 5.93. The van der Waals surface area contributed by atoms with Crippen LogP contribution in [-0.4, -0.2) is 23.9 Å². The first-order chi connectivity index (χ1) is 11.8. The van der Waals surface area contributed by atoms with Gasteiger partial charge >= 0.3 is 6.03 Å².